The Hall–Kier alpha value is -2.83. The lowest BCUT2D eigenvalue weighted by Gasteiger charge is -2.22. The molecule has 0 heterocycles. The SMILES string of the molecule is CSCCC(NC(=O)CNC(=O)C(N)CCCCN)C(=O)NC(Cc1ccc(O)cc1)C(=O)O. The van der Waals surface area contributed by atoms with E-state index in [2.05, 4.69) is 16.0 Å². The van der Waals surface area contributed by atoms with E-state index in [0.717, 1.165) is 6.42 Å². The van der Waals surface area contributed by atoms with Crippen molar-refractivity contribution in [3.8, 4) is 5.75 Å². The zero-order valence-electron chi connectivity index (χ0n) is 19.3. The standard InChI is InChI=1S/C22H35N5O6S/c1-34-11-9-17(26-19(29)13-25-20(30)16(24)4-2-3-10-23)21(31)27-18(22(32)33)12-14-5-7-15(28)8-6-14/h5-8,16-18,28H,2-4,9-13,23-24H2,1H3,(H,25,30)(H,26,29)(H,27,31)(H,32,33). The minimum absolute atomic E-state index is 0.00263. The first-order valence-corrected chi connectivity index (χ1v) is 12.4. The van der Waals surface area contributed by atoms with Crippen LogP contribution in [0.25, 0.3) is 0 Å². The Labute approximate surface area is 203 Å². The lowest BCUT2D eigenvalue weighted by molar-refractivity contribution is -0.142. The van der Waals surface area contributed by atoms with Crippen LogP contribution in [0.1, 0.15) is 31.2 Å². The van der Waals surface area contributed by atoms with E-state index in [0.29, 0.717) is 30.7 Å². The van der Waals surface area contributed by atoms with Gasteiger partial charge < -0.3 is 37.6 Å². The maximum absolute atomic E-state index is 12.8. The molecule has 1 aromatic carbocycles. The molecule has 1 aromatic rings. The van der Waals surface area contributed by atoms with Crippen molar-refractivity contribution in [2.75, 3.05) is 25.1 Å². The maximum Gasteiger partial charge on any atom is 0.326 e. The first-order valence-electron chi connectivity index (χ1n) is 11.0. The van der Waals surface area contributed by atoms with Crippen LogP contribution in [0.5, 0.6) is 5.75 Å². The fourth-order valence-electron chi connectivity index (χ4n) is 3.03. The zero-order chi connectivity index (χ0) is 25.5. The molecule has 0 saturated carbocycles. The van der Waals surface area contributed by atoms with Crippen molar-refractivity contribution >= 4 is 35.5 Å². The van der Waals surface area contributed by atoms with Gasteiger partial charge >= 0.3 is 5.97 Å². The van der Waals surface area contributed by atoms with Gasteiger partial charge in [-0.3, -0.25) is 14.4 Å². The van der Waals surface area contributed by atoms with E-state index in [4.69, 9.17) is 11.5 Å². The van der Waals surface area contributed by atoms with E-state index in [1.54, 1.807) is 12.1 Å². The largest absolute Gasteiger partial charge is 0.508 e. The Morgan fingerprint density at radius 2 is 1.68 bits per heavy atom. The lowest BCUT2D eigenvalue weighted by atomic mass is 10.0. The number of rotatable bonds is 16. The average molecular weight is 498 g/mol. The molecule has 9 N–H and O–H groups in total. The second-order valence-corrected chi connectivity index (χ2v) is 8.77. The summed E-state index contributed by atoms with van der Waals surface area (Å²) in [6.45, 7) is 0.149. The van der Waals surface area contributed by atoms with Gasteiger partial charge in [0.15, 0.2) is 0 Å². The normalized spacial score (nSPS) is 13.4. The fraction of sp³-hybridized carbons (Fsp3) is 0.545. The van der Waals surface area contributed by atoms with Gasteiger partial charge in [0.05, 0.1) is 12.6 Å². The summed E-state index contributed by atoms with van der Waals surface area (Å²) in [5.74, 6) is -2.34. The molecule has 3 amide bonds. The minimum atomic E-state index is -1.23. The third-order valence-electron chi connectivity index (χ3n) is 4.98. The number of carbonyl (C=O) groups is 4. The van der Waals surface area contributed by atoms with Gasteiger partial charge in [-0.25, -0.2) is 4.79 Å². The number of carboxylic acids is 1. The van der Waals surface area contributed by atoms with Gasteiger partial charge in [-0.2, -0.15) is 11.8 Å². The second kappa shape index (κ2) is 15.9. The van der Waals surface area contributed by atoms with Crippen molar-refractivity contribution in [2.45, 2.75) is 50.2 Å². The molecule has 1 rings (SSSR count). The number of nitrogens with two attached hydrogens (primary N) is 2. The van der Waals surface area contributed by atoms with E-state index in [1.807, 2.05) is 6.26 Å². The zero-order valence-corrected chi connectivity index (χ0v) is 20.1. The number of benzene rings is 1. The Morgan fingerprint density at radius 3 is 2.26 bits per heavy atom. The Kier molecular flexibility index (Phi) is 13.7. The average Bonchev–Trinajstić information content (AvgIpc) is 2.80. The molecule has 11 nitrogen and oxygen atoms in total. The summed E-state index contributed by atoms with van der Waals surface area (Å²) >= 11 is 1.47. The molecule has 3 unspecified atom stereocenters. The highest BCUT2D eigenvalue weighted by atomic mass is 32.2. The minimum Gasteiger partial charge on any atom is -0.508 e. The number of amides is 3. The smallest absolute Gasteiger partial charge is 0.326 e. The molecule has 34 heavy (non-hydrogen) atoms. The molecule has 0 aliphatic rings. The van der Waals surface area contributed by atoms with E-state index in [-0.39, 0.29) is 25.1 Å². The van der Waals surface area contributed by atoms with Crippen LogP contribution < -0.4 is 27.4 Å². The first kappa shape index (κ1) is 29.2. The molecule has 3 atom stereocenters. The summed E-state index contributed by atoms with van der Waals surface area (Å²) in [4.78, 5) is 48.8. The van der Waals surface area contributed by atoms with Gasteiger partial charge in [0.2, 0.25) is 17.7 Å². The van der Waals surface area contributed by atoms with Gasteiger partial charge in [-0.05, 0) is 55.5 Å². The number of aromatic hydroxyl groups is 1. The van der Waals surface area contributed by atoms with Crippen LogP contribution in [-0.2, 0) is 25.6 Å². The maximum atomic E-state index is 12.8. The molecule has 190 valence electrons. The number of hydrogen-bond donors (Lipinski definition) is 7. The fourth-order valence-corrected chi connectivity index (χ4v) is 3.50. The monoisotopic (exact) mass is 497 g/mol. The number of carbonyl (C=O) groups excluding carboxylic acids is 3. The number of hydrogen-bond acceptors (Lipinski definition) is 8. The summed E-state index contributed by atoms with van der Waals surface area (Å²) in [7, 11) is 0. The first-order chi connectivity index (χ1) is 16.2. The van der Waals surface area contributed by atoms with Crippen LogP contribution >= 0.6 is 11.8 Å². The summed E-state index contributed by atoms with van der Waals surface area (Å²) in [5, 5.41) is 26.4. The van der Waals surface area contributed by atoms with Crippen LogP contribution in [0.15, 0.2) is 24.3 Å². The number of aliphatic carboxylic acids is 1. The molecule has 0 aromatic heterocycles. The quantitative estimate of drug-likeness (QED) is 0.145. The van der Waals surface area contributed by atoms with Crippen molar-refractivity contribution in [3.63, 3.8) is 0 Å². The molecule has 0 aliphatic heterocycles. The van der Waals surface area contributed by atoms with Crippen LogP contribution in [-0.4, -0.2) is 77.1 Å². The third kappa shape index (κ3) is 11.3. The van der Waals surface area contributed by atoms with Gasteiger partial charge in [0.1, 0.15) is 17.8 Å². The van der Waals surface area contributed by atoms with Gasteiger partial charge in [-0.1, -0.05) is 18.6 Å². The molecule has 0 saturated heterocycles. The molecule has 0 aliphatic carbocycles. The summed E-state index contributed by atoms with van der Waals surface area (Å²) in [6, 6.07) is 3.02. The highest BCUT2D eigenvalue weighted by Gasteiger charge is 2.27. The number of phenols is 1. The van der Waals surface area contributed by atoms with Gasteiger partial charge in [0, 0.05) is 6.42 Å². The predicted molar refractivity (Wildman–Crippen MR) is 130 cm³/mol. The molecule has 0 spiro atoms. The Balaban J connectivity index is 2.68. The molecular weight excluding hydrogens is 462 g/mol. The van der Waals surface area contributed by atoms with Crippen LogP contribution in [0.4, 0.5) is 0 Å². The molecule has 0 bridgehead atoms. The van der Waals surface area contributed by atoms with Crippen molar-refractivity contribution in [1.82, 2.24) is 16.0 Å². The van der Waals surface area contributed by atoms with Crippen LogP contribution in [0.2, 0.25) is 0 Å². The molecule has 0 radical (unpaired) electrons. The van der Waals surface area contributed by atoms with E-state index in [9.17, 15) is 29.4 Å². The van der Waals surface area contributed by atoms with Gasteiger partial charge in [0.25, 0.3) is 0 Å². The van der Waals surface area contributed by atoms with Crippen molar-refractivity contribution in [2.24, 2.45) is 11.5 Å². The Morgan fingerprint density at radius 1 is 1.00 bits per heavy atom. The highest BCUT2D eigenvalue weighted by Crippen LogP contribution is 2.12. The van der Waals surface area contributed by atoms with Crippen molar-refractivity contribution in [1.29, 1.82) is 0 Å². The van der Waals surface area contributed by atoms with E-state index < -0.39 is 41.8 Å². The second-order valence-electron chi connectivity index (χ2n) is 7.78. The van der Waals surface area contributed by atoms with Crippen molar-refractivity contribution < 1.29 is 29.4 Å². The predicted octanol–water partition coefficient (Wildman–Crippen LogP) is -0.685. The Bertz CT molecular complexity index is 807. The molecular formula is C22H35N5O6S. The molecule has 0 fully saturated rings. The van der Waals surface area contributed by atoms with Crippen LogP contribution in [0, 0.1) is 0 Å². The number of unbranched alkanes of at least 4 members (excludes halogenated alkanes) is 1. The number of carboxylic acid groups (broad SMARTS) is 1. The number of nitrogens with one attached hydrogen (secondary N) is 3. The summed E-state index contributed by atoms with van der Waals surface area (Å²) in [5.41, 5.74) is 11.8. The van der Waals surface area contributed by atoms with E-state index in [1.165, 1.54) is 23.9 Å². The topological polar surface area (TPSA) is 197 Å². The van der Waals surface area contributed by atoms with Crippen LogP contribution in [0.3, 0.4) is 0 Å². The third-order valence-corrected chi connectivity index (χ3v) is 5.63. The number of thioether (sulfide) groups is 1. The highest BCUT2D eigenvalue weighted by molar-refractivity contribution is 7.98. The van der Waals surface area contributed by atoms with E-state index >= 15 is 0 Å². The summed E-state index contributed by atoms with van der Waals surface area (Å²) in [6.07, 6.45) is 4.01. The van der Waals surface area contributed by atoms with Gasteiger partial charge in [-0.15, -0.1) is 0 Å². The van der Waals surface area contributed by atoms with Crippen molar-refractivity contribution in [3.05, 3.63) is 29.8 Å². The number of phenolic OH excluding ortho intramolecular Hbond substituents is 1. The summed E-state index contributed by atoms with van der Waals surface area (Å²) < 4.78 is 0. The lowest BCUT2D eigenvalue weighted by Crippen LogP contribution is -2.54. The molecule has 12 heteroatoms.